The van der Waals surface area contributed by atoms with Crippen molar-refractivity contribution in [3.05, 3.63) is 36.7 Å². The Morgan fingerprint density at radius 2 is 2.11 bits per heavy atom. The van der Waals surface area contributed by atoms with Crippen LogP contribution in [0.2, 0.25) is 0 Å². The van der Waals surface area contributed by atoms with Gasteiger partial charge in [0.25, 0.3) is 0 Å². The number of hydrogen-bond acceptors (Lipinski definition) is 3. The lowest BCUT2D eigenvalue weighted by atomic mass is 10.1. The second-order valence-corrected chi connectivity index (χ2v) is 3.93. The van der Waals surface area contributed by atoms with Gasteiger partial charge in [-0.15, -0.1) is 0 Å². The Morgan fingerprint density at radius 3 is 2.89 bits per heavy atom. The lowest BCUT2D eigenvalue weighted by Crippen LogP contribution is -2.30. The lowest BCUT2D eigenvalue weighted by Gasteiger charge is -2.09. The number of fused-ring (bicyclic) bond motifs is 1. The SMILES string of the molecule is O=C(O)CCNC(=O)Nc1cccc2ccncc12. The summed E-state index contributed by atoms with van der Waals surface area (Å²) in [5.41, 5.74) is 0.637. The first-order valence-electron chi connectivity index (χ1n) is 5.76. The van der Waals surface area contributed by atoms with Crippen molar-refractivity contribution in [3.63, 3.8) is 0 Å². The quantitative estimate of drug-likeness (QED) is 0.781. The standard InChI is InChI=1S/C13H13N3O3/c17-12(18)5-7-15-13(19)16-11-3-1-2-9-4-6-14-8-10(9)11/h1-4,6,8H,5,7H2,(H,17,18)(H2,15,16,19). The van der Waals surface area contributed by atoms with Gasteiger partial charge in [0.1, 0.15) is 0 Å². The summed E-state index contributed by atoms with van der Waals surface area (Å²) in [6, 6.07) is 6.93. The van der Waals surface area contributed by atoms with Gasteiger partial charge in [-0.25, -0.2) is 4.79 Å². The molecular weight excluding hydrogens is 246 g/mol. The van der Waals surface area contributed by atoms with Crippen LogP contribution in [0.1, 0.15) is 6.42 Å². The van der Waals surface area contributed by atoms with Crippen LogP contribution in [0.15, 0.2) is 36.7 Å². The summed E-state index contributed by atoms with van der Waals surface area (Å²) in [4.78, 5) is 26.0. The zero-order valence-electron chi connectivity index (χ0n) is 10.1. The minimum Gasteiger partial charge on any atom is -0.481 e. The van der Waals surface area contributed by atoms with E-state index >= 15 is 0 Å². The molecule has 6 heteroatoms. The molecule has 1 heterocycles. The van der Waals surface area contributed by atoms with E-state index in [4.69, 9.17) is 5.11 Å². The van der Waals surface area contributed by atoms with Gasteiger partial charge in [0.05, 0.1) is 12.1 Å². The number of carbonyl (C=O) groups excluding carboxylic acids is 1. The van der Waals surface area contributed by atoms with Crippen LogP contribution in [0.25, 0.3) is 10.8 Å². The van der Waals surface area contributed by atoms with Crippen LogP contribution in [0.4, 0.5) is 10.5 Å². The molecule has 2 rings (SSSR count). The number of benzene rings is 1. The molecule has 6 nitrogen and oxygen atoms in total. The van der Waals surface area contributed by atoms with Gasteiger partial charge in [-0.05, 0) is 17.5 Å². The third kappa shape index (κ3) is 3.41. The van der Waals surface area contributed by atoms with E-state index in [1.165, 1.54) is 0 Å². The van der Waals surface area contributed by atoms with Gasteiger partial charge in [-0.1, -0.05) is 12.1 Å². The molecule has 0 aliphatic heterocycles. The Balaban J connectivity index is 2.05. The summed E-state index contributed by atoms with van der Waals surface area (Å²) in [6.45, 7) is 0.0875. The van der Waals surface area contributed by atoms with Crippen LogP contribution in [-0.4, -0.2) is 28.6 Å². The molecule has 98 valence electrons. The van der Waals surface area contributed by atoms with Crippen molar-refractivity contribution in [1.82, 2.24) is 10.3 Å². The number of carbonyl (C=O) groups is 2. The average molecular weight is 259 g/mol. The van der Waals surface area contributed by atoms with Crippen molar-refractivity contribution in [2.45, 2.75) is 6.42 Å². The molecule has 2 amide bonds. The van der Waals surface area contributed by atoms with E-state index in [0.29, 0.717) is 5.69 Å². The predicted molar refractivity (Wildman–Crippen MR) is 71.0 cm³/mol. The third-order valence-corrected chi connectivity index (χ3v) is 2.56. The van der Waals surface area contributed by atoms with Gasteiger partial charge < -0.3 is 15.7 Å². The second kappa shape index (κ2) is 5.81. The molecule has 1 aromatic heterocycles. The first-order valence-corrected chi connectivity index (χ1v) is 5.76. The summed E-state index contributed by atoms with van der Waals surface area (Å²) >= 11 is 0. The van der Waals surface area contributed by atoms with Crippen molar-refractivity contribution < 1.29 is 14.7 Å². The molecule has 0 fully saturated rings. The van der Waals surface area contributed by atoms with Crippen molar-refractivity contribution >= 4 is 28.5 Å². The summed E-state index contributed by atoms with van der Waals surface area (Å²) in [5.74, 6) is -0.949. The summed E-state index contributed by atoms with van der Waals surface area (Å²) in [5, 5.41) is 15.4. The zero-order valence-corrected chi connectivity index (χ0v) is 10.1. The number of urea groups is 1. The normalized spacial score (nSPS) is 10.1. The Bertz CT molecular complexity index is 608. The molecule has 1 aromatic carbocycles. The van der Waals surface area contributed by atoms with E-state index in [1.54, 1.807) is 18.5 Å². The lowest BCUT2D eigenvalue weighted by molar-refractivity contribution is -0.136. The van der Waals surface area contributed by atoms with Gasteiger partial charge in [0, 0.05) is 24.3 Å². The number of pyridine rings is 1. The Morgan fingerprint density at radius 1 is 1.26 bits per heavy atom. The molecule has 0 spiro atoms. The molecular formula is C13H13N3O3. The molecule has 0 atom stereocenters. The average Bonchev–Trinajstić information content (AvgIpc) is 2.39. The number of hydrogen-bond donors (Lipinski definition) is 3. The number of amides is 2. The molecule has 0 bridgehead atoms. The maximum absolute atomic E-state index is 11.6. The molecule has 3 N–H and O–H groups in total. The van der Waals surface area contributed by atoms with E-state index < -0.39 is 12.0 Å². The Hall–Kier alpha value is -2.63. The first-order chi connectivity index (χ1) is 9.16. The van der Waals surface area contributed by atoms with Crippen LogP contribution in [0.3, 0.4) is 0 Å². The first kappa shape index (κ1) is 12.8. The molecule has 0 saturated heterocycles. The highest BCUT2D eigenvalue weighted by Crippen LogP contribution is 2.21. The second-order valence-electron chi connectivity index (χ2n) is 3.93. The summed E-state index contributed by atoms with van der Waals surface area (Å²) in [6.07, 6.45) is 3.24. The summed E-state index contributed by atoms with van der Waals surface area (Å²) in [7, 11) is 0. The van der Waals surface area contributed by atoms with Crippen LogP contribution >= 0.6 is 0 Å². The highest BCUT2D eigenvalue weighted by atomic mass is 16.4. The Labute approximate surface area is 109 Å². The van der Waals surface area contributed by atoms with Crippen LogP contribution in [0, 0.1) is 0 Å². The predicted octanol–water partition coefficient (Wildman–Crippen LogP) is 1.83. The van der Waals surface area contributed by atoms with Crippen LogP contribution in [-0.2, 0) is 4.79 Å². The smallest absolute Gasteiger partial charge is 0.319 e. The molecule has 0 saturated carbocycles. The summed E-state index contributed by atoms with van der Waals surface area (Å²) < 4.78 is 0. The molecule has 0 aliphatic carbocycles. The van der Waals surface area contributed by atoms with E-state index in [0.717, 1.165) is 10.8 Å². The highest BCUT2D eigenvalue weighted by Gasteiger charge is 2.05. The van der Waals surface area contributed by atoms with Gasteiger partial charge in [-0.3, -0.25) is 9.78 Å². The van der Waals surface area contributed by atoms with Gasteiger partial charge in [0.15, 0.2) is 0 Å². The largest absolute Gasteiger partial charge is 0.481 e. The number of nitrogens with one attached hydrogen (secondary N) is 2. The zero-order chi connectivity index (χ0) is 13.7. The molecule has 0 radical (unpaired) electrons. The molecule has 2 aromatic rings. The number of nitrogens with zero attached hydrogens (tertiary/aromatic N) is 1. The molecule has 19 heavy (non-hydrogen) atoms. The molecule has 0 aliphatic rings. The fraction of sp³-hybridized carbons (Fsp3) is 0.154. The third-order valence-electron chi connectivity index (χ3n) is 2.56. The van der Waals surface area contributed by atoms with Crippen molar-refractivity contribution in [3.8, 4) is 0 Å². The maximum atomic E-state index is 11.6. The fourth-order valence-corrected chi connectivity index (χ4v) is 1.67. The van der Waals surface area contributed by atoms with Crippen molar-refractivity contribution in [1.29, 1.82) is 0 Å². The maximum Gasteiger partial charge on any atom is 0.319 e. The number of aliphatic carboxylic acids is 1. The number of carboxylic acids is 1. The van der Waals surface area contributed by atoms with E-state index in [2.05, 4.69) is 15.6 Å². The number of anilines is 1. The van der Waals surface area contributed by atoms with Gasteiger partial charge in [0.2, 0.25) is 0 Å². The highest BCUT2D eigenvalue weighted by molar-refractivity contribution is 6.01. The van der Waals surface area contributed by atoms with E-state index in [1.807, 2.05) is 18.2 Å². The minimum absolute atomic E-state index is 0.0875. The van der Waals surface area contributed by atoms with E-state index in [9.17, 15) is 9.59 Å². The van der Waals surface area contributed by atoms with Crippen molar-refractivity contribution in [2.75, 3.05) is 11.9 Å². The van der Waals surface area contributed by atoms with Crippen LogP contribution in [0.5, 0.6) is 0 Å². The molecule has 0 unspecified atom stereocenters. The van der Waals surface area contributed by atoms with Gasteiger partial charge in [-0.2, -0.15) is 0 Å². The fourth-order valence-electron chi connectivity index (χ4n) is 1.67. The monoisotopic (exact) mass is 259 g/mol. The topological polar surface area (TPSA) is 91.3 Å². The number of rotatable bonds is 4. The van der Waals surface area contributed by atoms with Crippen molar-refractivity contribution in [2.24, 2.45) is 0 Å². The Kier molecular flexibility index (Phi) is 3.92. The van der Waals surface area contributed by atoms with E-state index in [-0.39, 0.29) is 13.0 Å². The van der Waals surface area contributed by atoms with Crippen LogP contribution < -0.4 is 10.6 Å². The number of aromatic nitrogens is 1. The van der Waals surface area contributed by atoms with Gasteiger partial charge >= 0.3 is 12.0 Å². The minimum atomic E-state index is -0.949. The number of carboxylic acid groups (broad SMARTS) is 1.